The Kier molecular flexibility index (Phi) is 5.32. The van der Waals surface area contributed by atoms with Gasteiger partial charge in [-0.2, -0.15) is 8.78 Å². The minimum Gasteiger partial charge on any atom is -0.322 e. The maximum atomic E-state index is 12.5. The SMILES string of the molecule is CS(=O)(=O)c1cccc(NC(=O)c2cccnc2SC(F)F)c1. The quantitative estimate of drug-likeness (QED) is 0.832. The van der Waals surface area contributed by atoms with Gasteiger partial charge in [0, 0.05) is 18.1 Å². The number of nitrogens with zero attached hydrogens (tertiary/aromatic N) is 1. The van der Waals surface area contributed by atoms with Crippen molar-refractivity contribution in [1.82, 2.24) is 4.98 Å². The van der Waals surface area contributed by atoms with E-state index in [1.807, 2.05) is 0 Å². The predicted octanol–water partition coefficient (Wildman–Crippen LogP) is 3.05. The predicted molar refractivity (Wildman–Crippen MR) is 83.6 cm³/mol. The van der Waals surface area contributed by atoms with E-state index >= 15 is 0 Å². The summed E-state index contributed by atoms with van der Waals surface area (Å²) < 4.78 is 48.0. The number of rotatable bonds is 5. The molecule has 0 aliphatic rings. The molecule has 2 rings (SSSR count). The first kappa shape index (κ1) is 17.4. The van der Waals surface area contributed by atoms with Gasteiger partial charge in [0.15, 0.2) is 9.84 Å². The number of benzene rings is 1. The number of carbonyl (C=O) groups excluding carboxylic acids is 1. The highest BCUT2D eigenvalue weighted by molar-refractivity contribution is 7.99. The summed E-state index contributed by atoms with van der Waals surface area (Å²) in [5.74, 6) is -3.35. The van der Waals surface area contributed by atoms with Gasteiger partial charge in [0.2, 0.25) is 0 Å². The summed E-state index contributed by atoms with van der Waals surface area (Å²) in [5.41, 5.74) is 0.234. The third-order valence-electron chi connectivity index (χ3n) is 2.74. The van der Waals surface area contributed by atoms with E-state index in [9.17, 15) is 22.0 Å². The van der Waals surface area contributed by atoms with E-state index in [4.69, 9.17) is 0 Å². The van der Waals surface area contributed by atoms with E-state index in [-0.39, 0.29) is 32.9 Å². The summed E-state index contributed by atoms with van der Waals surface area (Å²) in [4.78, 5) is 16.0. The lowest BCUT2D eigenvalue weighted by atomic mass is 10.2. The highest BCUT2D eigenvalue weighted by atomic mass is 32.2. The zero-order valence-electron chi connectivity index (χ0n) is 11.9. The van der Waals surface area contributed by atoms with Gasteiger partial charge in [-0.15, -0.1) is 0 Å². The van der Waals surface area contributed by atoms with Crippen LogP contribution in [-0.4, -0.2) is 31.3 Å². The fourth-order valence-electron chi connectivity index (χ4n) is 1.74. The molecule has 1 N–H and O–H groups in total. The number of sulfone groups is 1. The zero-order valence-corrected chi connectivity index (χ0v) is 13.5. The lowest BCUT2D eigenvalue weighted by Crippen LogP contribution is -2.14. The van der Waals surface area contributed by atoms with Crippen LogP contribution < -0.4 is 5.32 Å². The molecular weight excluding hydrogens is 346 g/mol. The molecule has 1 aromatic heterocycles. The number of alkyl halides is 2. The molecule has 0 aliphatic carbocycles. The van der Waals surface area contributed by atoms with Crippen LogP contribution in [0.15, 0.2) is 52.5 Å². The van der Waals surface area contributed by atoms with Crippen LogP contribution in [0.25, 0.3) is 0 Å². The molecule has 1 aromatic carbocycles. The van der Waals surface area contributed by atoms with Crippen molar-refractivity contribution in [3.63, 3.8) is 0 Å². The van der Waals surface area contributed by atoms with Crippen LogP contribution >= 0.6 is 11.8 Å². The summed E-state index contributed by atoms with van der Waals surface area (Å²) >= 11 is 0.170. The van der Waals surface area contributed by atoms with E-state index in [2.05, 4.69) is 10.3 Å². The van der Waals surface area contributed by atoms with Crippen molar-refractivity contribution in [1.29, 1.82) is 0 Å². The number of hydrogen-bond acceptors (Lipinski definition) is 5. The lowest BCUT2D eigenvalue weighted by molar-refractivity contribution is 0.102. The van der Waals surface area contributed by atoms with Gasteiger partial charge in [-0.05, 0) is 42.1 Å². The Morgan fingerprint density at radius 1 is 1.26 bits per heavy atom. The Morgan fingerprint density at radius 3 is 2.65 bits per heavy atom. The van der Waals surface area contributed by atoms with Crippen molar-refractivity contribution in [2.75, 3.05) is 11.6 Å². The summed E-state index contributed by atoms with van der Waals surface area (Å²) in [6, 6.07) is 8.49. The van der Waals surface area contributed by atoms with E-state index in [1.165, 1.54) is 42.6 Å². The Bertz CT molecular complexity index is 826. The first-order chi connectivity index (χ1) is 10.8. The molecule has 9 heteroatoms. The smallest absolute Gasteiger partial charge is 0.290 e. The zero-order chi connectivity index (χ0) is 17.0. The van der Waals surface area contributed by atoms with Crippen molar-refractivity contribution < 1.29 is 22.0 Å². The number of nitrogens with one attached hydrogen (secondary N) is 1. The largest absolute Gasteiger partial charge is 0.322 e. The van der Waals surface area contributed by atoms with Gasteiger partial charge in [0.05, 0.1) is 10.5 Å². The van der Waals surface area contributed by atoms with Gasteiger partial charge in [-0.25, -0.2) is 13.4 Å². The van der Waals surface area contributed by atoms with Gasteiger partial charge in [0.25, 0.3) is 11.7 Å². The molecule has 0 saturated heterocycles. The van der Waals surface area contributed by atoms with Crippen molar-refractivity contribution >= 4 is 33.2 Å². The molecule has 1 heterocycles. The van der Waals surface area contributed by atoms with Gasteiger partial charge in [-0.3, -0.25) is 4.79 Å². The first-order valence-electron chi connectivity index (χ1n) is 6.28. The fourth-order valence-corrected chi connectivity index (χ4v) is 2.99. The van der Waals surface area contributed by atoms with Crippen LogP contribution in [0.5, 0.6) is 0 Å². The molecule has 0 atom stereocenters. The highest BCUT2D eigenvalue weighted by Gasteiger charge is 2.17. The van der Waals surface area contributed by atoms with Crippen LogP contribution in [0.1, 0.15) is 10.4 Å². The second kappa shape index (κ2) is 7.05. The summed E-state index contributed by atoms with van der Waals surface area (Å²) in [7, 11) is -3.42. The molecule has 0 aliphatic heterocycles. The van der Waals surface area contributed by atoms with Crippen LogP contribution in [-0.2, 0) is 9.84 Å². The topological polar surface area (TPSA) is 76.1 Å². The number of hydrogen-bond donors (Lipinski definition) is 1. The van der Waals surface area contributed by atoms with Crippen molar-refractivity contribution in [3.05, 3.63) is 48.2 Å². The van der Waals surface area contributed by atoms with Crippen LogP contribution in [0.3, 0.4) is 0 Å². The number of halogens is 2. The molecule has 0 spiro atoms. The molecule has 0 radical (unpaired) electrons. The third kappa shape index (κ3) is 4.73. The van der Waals surface area contributed by atoms with E-state index in [1.54, 1.807) is 0 Å². The number of pyridine rings is 1. The third-order valence-corrected chi connectivity index (χ3v) is 4.57. The maximum Gasteiger partial charge on any atom is 0.290 e. The Hall–Kier alpha value is -2.00. The summed E-state index contributed by atoms with van der Waals surface area (Å²) in [5, 5.41) is 2.38. The van der Waals surface area contributed by atoms with E-state index < -0.39 is 21.5 Å². The minimum atomic E-state index is -3.42. The molecule has 0 unspecified atom stereocenters. The maximum absolute atomic E-state index is 12.5. The lowest BCUT2D eigenvalue weighted by Gasteiger charge is -2.09. The number of thioether (sulfide) groups is 1. The number of carbonyl (C=O) groups is 1. The molecule has 122 valence electrons. The van der Waals surface area contributed by atoms with Crippen LogP contribution in [0.2, 0.25) is 0 Å². The normalized spacial score (nSPS) is 11.5. The van der Waals surface area contributed by atoms with Crippen LogP contribution in [0.4, 0.5) is 14.5 Å². The second-order valence-corrected chi connectivity index (χ2v) is 7.48. The standard InChI is InChI=1S/C14H12F2N2O3S2/c1-23(20,21)10-5-2-4-9(8-10)18-12(19)11-6-3-7-17-13(11)22-14(15)16/h2-8,14H,1H3,(H,18,19). The van der Waals surface area contributed by atoms with E-state index in [0.717, 1.165) is 6.26 Å². The second-order valence-electron chi connectivity index (χ2n) is 4.49. The number of aromatic nitrogens is 1. The summed E-state index contributed by atoms with van der Waals surface area (Å²) in [6.45, 7) is 0. The van der Waals surface area contributed by atoms with Gasteiger partial charge in [0.1, 0.15) is 5.03 Å². The van der Waals surface area contributed by atoms with Gasteiger partial charge < -0.3 is 5.32 Å². The van der Waals surface area contributed by atoms with Gasteiger partial charge in [-0.1, -0.05) is 6.07 Å². The average molecular weight is 358 g/mol. The molecule has 0 saturated carbocycles. The Morgan fingerprint density at radius 2 is 2.00 bits per heavy atom. The first-order valence-corrected chi connectivity index (χ1v) is 9.06. The van der Waals surface area contributed by atoms with Crippen molar-refractivity contribution in [2.24, 2.45) is 0 Å². The Balaban J connectivity index is 2.27. The van der Waals surface area contributed by atoms with Gasteiger partial charge >= 0.3 is 0 Å². The molecule has 23 heavy (non-hydrogen) atoms. The molecule has 0 fully saturated rings. The van der Waals surface area contributed by atoms with Crippen molar-refractivity contribution in [2.45, 2.75) is 15.7 Å². The molecule has 5 nitrogen and oxygen atoms in total. The monoisotopic (exact) mass is 358 g/mol. The Labute approximate surface area is 136 Å². The van der Waals surface area contributed by atoms with Crippen molar-refractivity contribution in [3.8, 4) is 0 Å². The molecule has 1 amide bonds. The molecular formula is C14H12F2N2O3S2. The van der Waals surface area contributed by atoms with E-state index in [0.29, 0.717) is 0 Å². The minimum absolute atomic E-state index is 0.0115. The molecule has 2 aromatic rings. The summed E-state index contributed by atoms with van der Waals surface area (Å²) in [6.07, 6.45) is 2.36. The highest BCUT2D eigenvalue weighted by Crippen LogP contribution is 2.27. The average Bonchev–Trinajstić information content (AvgIpc) is 2.46. The molecule has 0 bridgehead atoms. The fraction of sp³-hybridized carbons (Fsp3) is 0.143. The number of amides is 1. The number of anilines is 1. The van der Waals surface area contributed by atoms with Crippen LogP contribution in [0, 0.1) is 0 Å².